The lowest BCUT2D eigenvalue weighted by Crippen LogP contribution is -2.11. The van der Waals surface area contributed by atoms with Crippen molar-refractivity contribution in [3.8, 4) is 16.9 Å². The SMILES string of the molecule is O=c1ccc(-c2ccc(-n3ccnc3)c(C(F)(F)F)c2)n[nH]1. The number of imidazole rings is 1. The minimum atomic E-state index is -4.53. The molecule has 0 amide bonds. The van der Waals surface area contributed by atoms with E-state index in [0.29, 0.717) is 0 Å². The third kappa shape index (κ3) is 2.62. The molecule has 0 aliphatic heterocycles. The molecule has 112 valence electrons. The summed E-state index contributed by atoms with van der Waals surface area (Å²) in [5.41, 5.74) is -0.751. The molecule has 0 aliphatic rings. The van der Waals surface area contributed by atoms with E-state index in [4.69, 9.17) is 0 Å². The number of halogens is 3. The van der Waals surface area contributed by atoms with Crippen molar-refractivity contribution in [3.63, 3.8) is 0 Å². The Labute approximate surface area is 122 Å². The molecule has 0 unspecified atom stereocenters. The lowest BCUT2D eigenvalue weighted by atomic mass is 10.1. The molecule has 22 heavy (non-hydrogen) atoms. The van der Waals surface area contributed by atoms with Gasteiger partial charge in [0.1, 0.15) is 0 Å². The summed E-state index contributed by atoms with van der Waals surface area (Å²) in [4.78, 5) is 14.7. The molecule has 2 heterocycles. The van der Waals surface area contributed by atoms with Crippen LogP contribution in [0.25, 0.3) is 16.9 Å². The lowest BCUT2D eigenvalue weighted by molar-refractivity contribution is -0.137. The standard InChI is InChI=1S/C14H9F3N4O/c15-14(16,17)10-7-9(11-2-4-13(22)20-19-11)1-3-12(10)21-6-5-18-8-21/h1-8H,(H,20,22). The van der Waals surface area contributed by atoms with Crippen LogP contribution in [0.5, 0.6) is 0 Å². The van der Waals surface area contributed by atoms with Gasteiger partial charge in [0.2, 0.25) is 0 Å². The van der Waals surface area contributed by atoms with Crippen molar-refractivity contribution < 1.29 is 13.2 Å². The van der Waals surface area contributed by atoms with Crippen LogP contribution < -0.4 is 5.56 Å². The number of aromatic amines is 1. The Balaban J connectivity index is 2.16. The summed E-state index contributed by atoms with van der Waals surface area (Å²) in [7, 11) is 0. The first-order valence-electron chi connectivity index (χ1n) is 6.21. The molecule has 8 heteroatoms. The van der Waals surface area contributed by atoms with Gasteiger partial charge in [-0.2, -0.15) is 18.3 Å². The van der Waals surface area contributed by atoms with Crippen LogP contribution in [0.1, 0.15) is 5.56 Å². The minimum Gasteiger partial charge on any atom is -0.306 e. The molecular weight excluding hydrogens is 297 g/mol. The predicted molar refractivity (Wildman–Crippen MR) is 72.4 cm³/mol. The quantitative estimate of drug-likeness (QED) is 0.791. The molecule has 3 rings (SSSR count). The maximum absolute atomic E-state index is 13.3. The van der Waals surface area contributed by atoms with Gasteiger partial charge in [-0.15, -0.1) is 0 Å². The Morgan fingerprint density at radius 2 is 1.95 bits per heavy atom. The molecule has 5 nitrogen and oxygen atoms in total. The topological polar surface area (TPSA) is 63.6 Å². The van der Waals surface area contributed by atoms with Crippen molar-refractivity contribution in [2.75, 3.05) is 0 Å². The highest BCUT2D eigenvalue weighted by Crippen LogP contribution is 2.36. The number of H-pyrrole nitrogens is 1. The smallest absolute Gasteiger partial charge is 0.306 e. The van der Waals surface area contributed by atoms with Crippen LogP contribution in [-0.4, -0.2) is 19.7 Å². The summed E-state index contributed by atoms with van der Waals surface area (Å²) in [5.74, 6) is 0. The second-order valence-corrected chi connectivity index (χ2v) is 4.51. The van der Waals surface area contributed by atoms with Gasteiger partial charge in [0.15, 0.2) is 0 Å². The first kappa shape index (κ1) is 14.1. The number of aromatic nitrogens is 4. The summed E-state index contributed by atoms with van der Waals surface area (Å²) in [6.07, 6.45) is -0.402. The molecule has 0 bridgehead atoms. The molecule has 0 saturated heterocycles. The molecule has 3 aromatic rings. The Bertz CT molecular complexity index is 833. The average Bonchev–Trinajstić information content (AvgIpc) is 3.01. The largest absolute Gasteiger partial charge is 0.418 e. The molecule has 0 fully saturated rings. The molecule has 2 aromatic heterocycles. The van der Waals surface area contributed by atoms with Crippen LogP contribution in [0.4, 0.5) is 13.2 Å². The number of nitrogens with one attached hydrogen (secondary N) is 1. The first-order valence-corrected chi connectivity index (χ1v) is 6.21. The van der Waals surface area contributed by atoms with Crippen molar-refractivity contribution in [1.29, 1.82) is 0 Å². The van der Waals surface area contributed by atoms with Crippen molar-refractivity contribution in [2.24, 2.45) is 0 Å². The second-order valence-electron chi connectivity index (χ2n) is 4.51. The van der Waals surface area contributed by atoms with Crippen LogP contribution >= 0.6 is 0 Å². The number of alkyl halides is 3. The van der Waals surface area contributed by atoms with E-state index in [0.717, 1.165) is 6.07 Å². The van der Waals surface area contributed by atoms with Gasteiger partial charge in [0.25, 0.3) is 5.56 Å². The molecular formula is C14H9F3N4O. The van der Waals surface area contributed by atoms with Crippen LogP contribution in [0.3, 0.4) is 0 Å². The number of hydrogen-bond acceptors (Lipinski definition) is 3. The fourth-order valence-corrected chi connectivity index (χ4v) is 2.05. The zero-order valence-corrected chi connectivity index (χ0v) is 11.0. The van der Waals surface area contributed by atoms with Crippen LogP contribution in [0.2, 0.25) is 0 Å². The van der Waals surface area contributed by atoms with Crippen LogP contribution in [-0.2, 0) is 6.18 Å². The van der Waals surface area contributed by atoms with E-state index >= 15 is 0 Å². The van der Waals surface area contributed by atoms with Crippen LogP contribution in [0, 0.1) is 0 Å². The summed E-state index contributed by atoms with van der Waals surface area (Å²) in [6, 6.07) is 6.42. The fraction of sp³-hybridized carbons (Fsp3) is 0.0714. The van der Waals surface area contributed by atoms with E-state index in [1.54, 1.807) is 0 Å². The Morgan fingerprint density at radius 1 is 1.14 bits per heavy atom. The van der Waals surface area contributed by atoms with Gasteiger partial charge in [0, 0.05) is 24.0 Å². The van der Waals surface area contributed by atoms with Crippen molar-refractivity contribution in [3.05, 3.63) is 65.0 Å². The number of rotatable bonds is 2. The number of benzene rings is 1. The van der Waals surface area contributed by atoms with Gasteiger partial charge in [0.05, 0.1) is 23.3 Å². The summed E-state index contributed by atoms with van der Waals surface area (Å²) in [6.45, 7) is 0. The third-order valence-electron chi connectivity index (χ3n) is 3.06. The zero-order chi connectivity index (χ0) is 15.7. The van der Waals surface area contributed by atoms with Gasteiger partial charge in [-0.1, -0.05) is 6.07 Å². The monoisotopic (exact) mass is 306 g/mol. The maximum atomic E-state index is 13.3. The summed E-state index contributed by atoms with van der Waals surface area (Å²) in [5, 5.41) is 5.94. The maximum Gasteiger partial charge on any atom is 0.418 e. The molecule has 0 spiro atoms. The van der Waals surface area contributed by atoms with Crippen molar-refractivity contribution in [1.82, 2.24) is 19.7 Å². The average molecular weight is 306 g/mol. The molecule has 0 radical (unpaired) electrons. The Hall–Kier alpha value is -2.90. The van der Waals surface area contributed by atoms with E-state index in [1.807, 2.05) is 0 Å². The van der Waals surface area contributed by atoms with Gasteiger partial charge < -0.3 is 4.57 Å². The highest BCUT2D eigenvalue weighted by Gasteiger charge is 2.34. The van der Waals surface area contributed by atoms with E-state index in [9.17, 15) is 18.0 Å². The number of hydrogen-bond donors (Lipinski definition) is 1. The van der Waals surface area contributed by atoms with E-state index < -0.39 is 17.3 Å². The Morgan fingerprint density at radius 3 is 2.55 bits per heavy atom. The van der Waals surface area contributed by atoms with Crippen molar-refractivity contribution >= 4 is 0 Å². The molecule has 0 saturated carbocycles. The predicted octanol–water partition coefficient (Wildman–Crippen LogP) is 2.64. The highest BCUT2D eigenvalue weighted by molar-refractivity contribution is 5.63. The van der Waals surface area contributed by atoms with Gasteiger partial charge >= 0.3 is 6.18 Å². The summed E-state index contributed by atoms with van der Waals surface area (Å²) >= 11 is 0. The molecule has 0 aliphatic carbocycles. The number of nitrogens with zero attached hydrogens (tertiary/aromatic N) is 3. The van der Waals surface area contributed by atoms with E-state index in [2.05, 4.69) is 15.2 Å². The summed E-state index contributed by atoms with van der Waals surface area (Å²) < 4.78 is 41.1. The lowest BCUT2D eigenvalue weighted by Gasteiger charge is -2.14. The zero-order valence-electron chi connectivity index (χ0n) is 11.0. The minimum absolute atomic E-state index is 0.0295. The van der Waals surface area contributed by atoms with E-state index in [1.165, 1.54) is 47.6 Å². The molecule has 1 N–H and O–H groups in total. The highest BCUT2D eigenvalue weighted by atomic mass is 19.4. The first-order chi connectivity index (χ1) is 10.4. The van der Waals surface area contributed by atoms with Gasteiger partial charge in [-0.05, 0) is 18.2 Å². The van der Waals surface area contributed by atoms with Crippen LogP contribution in [0.15, 0.2) is 53.8 Å². The van der Waals surface area contributed by atoms with Gasteiger partial charge in [-0.25, -0.2) is 10.1 Å². The second kappa shape index (κ2) is 5.14. The third-order valence-corrected chi connectivity index (χ3v) is 3.06. The van der Waals surface area contributed by atoms with E-state index in [-0.39, 0.29) is 16.9 Å². The molecule has 0 atom stereocenters. The fourth-order valence-electron chi connectivity index (χ4n) is 2.05. The molecule has 1 aromatic carbocycles. The van der Waals surface area contributed by atoms with Crippen molar-refractivity contribution in [2.45, 2.75) is 6.18 Å². The normalized spacial score (nSPS) is 11.6. The Kier molecular flexibility index (Phi) is 3.28. The van der Waals surface area contributed by atoms with Gasteiger partial charge in [-0.3, -0.25) is 4.79 Å².